The maximum Gasteiger partial charge on any atom is 0.239 e. The number of nitrogens with zero attached hydrogens (tertiary/aromatic N) is 3. The smallest absolute Gasteiger partial charge is 0.239 e. The third kappa shape index (κ3) is 4.86. The molecule has 0 spiro atoms. The van der Waals surface area contributed by atoms with Crippen molar-refractivity contribution in [3.63, 3.8) is 0 Å². The van der Waals surface area contributed by atoms with Crippen LogP contribution in [0.5, 0.6) is 11.5 Å². The fraction of sp³-hybridized carbons (Fsp3) is 0.520. The van der Waals surface area contributed by atoms with Crippen LogP contribution in [-0.4, -0.2) is 55.2 Å². The average molecular weight is 467 g/mol. The summed E-state index contributed by atoms with van der Waals surface area (Å²) in [6, 6.07) is 8.46. The van der Waals surface area contributed by atoms with Crippen LogP contribution in [0.15, 0.2) is 18.2 Å². The first kappa shape index (κ1) is 22.2. The number of carbonyl (C=O) groups is 1. The van der Waals surface area contributed by atoms with Gasteiger partial charge in [0.2, 0.25) is 12.7 Å². The second-order valence-electron chi connectivity index (χ2n) is 9.12. The predicted molar refractivity (Wildman–Crippen MR) is 128 cm³/mol. The molecular weight excluding hydrogens is 436 g/mol. The Labute approximate surface area is 198 Å². The van der Waals surface area contributed by atoms with E-state index in [1.165, 1.54) is 22.4 Å². The molecule has 5 rings (SSSR count). The molecule has 2 aromatic rings. The largest absolute Gasteiger partial charge is 0.454 e. The van der Waals surface area contributed by atoms with Gasteiger partial charge in [-0.15, -0.1) is 11.3 Å². The highest BCUT2D eigenvalue weighted by atomic mass is 32.1. The molecule has 1 aromatic carbocycles. The molecule has 1 atom stereocenters. The van der Waals surface area contributed by atoms with Gasteiger partial charge in [0, 0.05) is 37.6 Å². The predicted octanol–water partition coefficient (Wildman–Crippen LogP) is 3.62. The molecule has 2 aliphatic heterocycles. The fourth-order valence-corrected chi connectivity index (χ4v) is 6.31. The zero-order valence-electron chi connectivity index (χ0n) is 19.1. The molecule has 1 N–H and O–H groups in total. The minimum atomic E-state index is -0.0265. The Bertz CT molecular complexity index is 1070. The molecule has 1 fully saturated rings. The van der Waals surface area contributed by atoms with E-state index in [0.29, 0.717) is 24.8 Å². The van der Waals surface area contributed by atoms with Gasteiger partial charge in [-0.2, -0.15) is 5.26 Å². The lowest BCUT2D eigenvalue weighted by atomic mass is 9.86. The molecule has 1 unspecified atom stereocenters. The zero-order chi connectivity index (χ0) is 22.8. The van der Waals surface area contributed by atoms with Gasteiger partial charge in [-0.1, -0.05) is 19.4 Å². The Balaban J connectivity index is 1.12. The van der Waals surface area contributed by atoms with Crippen LogP contribution >= 0.6 is 11.3 Å². The molecule has 33 heavy (non-hydrogen) atoms. The minimum Gasteiger partial charge on any atom is -0.454 e. The van der Waals surface area contributed by atoms with E-state index >= 15 is 0 Å². The van der Waals surface area contributed by atoms with Crippen molar-refractivity contribution in [2.24, 2.45) is 5.92 Å². The molecule has 0 radical (unpaired) electrons. The third-order valence-electron chi connectivity index (χ3n) is 6.98. The van der Waals surface area contributed by atoms with E-state index in [1.807, 2.05) is 6.07 Å². The molecular formula is C25H30N4O3S. The Morgan fingerprint density at radius 3 is 2.79 bits per heavy atom. The van der Waals surface area contributed by atoms with Gasteiger partial charge in [0.1, 0.15) is 11.1 Å². The lowest BCUT2D eigenvalue weighted by Crippen LogP contribution is -2.48. The first-order valence-corrected chi connectivity index (χ1v) is 12.6. The standard InChI is InChI=1S/C25H30N4O3S/c1-2-17-3-5-19-20(13-26)25(33-23(19)12-17)27-24(30)15-29-9-7-28(8-10-29)14-18-4-6-21-22(11-18)32-16-31-21/h4,6,11,17H,2-3,5,7-10,12,14-16H2,1H3,(H,27,30). The first-order chi connectivity index (χ1) is 16.1. The molecule has 0 saturated carbocycles. The maximum absolute atomic E-state index is 12.8. The number of rotatable bonds is 6. The number of hydrogen-bond donors (Lipinski definition) is 1. The summed E-state index contributed by atoms with van der Waals surface area (Å²) in [6.07, 6.45) is 4.29. The van der Waals surface area contributed by atoms with E-state index < -0.39 is 0 Å². The topological polar surface area (TPSA) is 77.8 Å². The highest BCUT2D eigenvalue weighted by Crippen LogP contribution is 2.40. The molecule has 1 aromatic heterocycles. The van der Waals surface area contributed by atoms with Crippen LogP contribution in [0.2, 0.25) is 0 Å². The Kier molecular flexibility index (Phi) is 6.54. The van der Waals surface area contributed by atoms with Crippen molar-refractivity contribution in [3.8, 4) is 17.6 Å². The number of carbonyl (C=O) groups excluding carboxylic acids is 1. The zero-order valence-corrected chi connectivity index (χ0v) is 19.9. The van der Waals surface area contributed by atoms with E-state index in [2.05, 4.69) is 40.2 Å². The van der Waals surface area contributed by atoms with E-state index in [4.69, 9.17) is 9.47 Å². The molecule has 8 heteroatoms. The van der Waals surface area contributed by atoms with Gasteiger partial charge in [-0.3, -0.25) is 14.6 Å². The number of benzene rings is 1. The van der Waals surface area contributed by atoms with E-state index in [-0.39, 0.29) is 5.91 Å². The average Bonchev–Trinajstić information content (AvgIpc) is 3.43. The molecule has 3 aliphatic rings. The number of thiophene rings is 1. The van der Waals surface area contributed by atoms with Gasteiger partial charge < -0.3 is 14.8 Å². The van der Waals surface area contributed by atoms with E-state index in [0.717, 1.165) is 68.5 Å². The van der Waals surface area contributed by atoms with Crippen molar-refractivity contribution in [2.45, 2.75) is 39.2 Å². The normalized spacial score (nSPS) is 20.3. The van der Waals surface area contributed by atoms with Crippen LogP contribution in [0.25, 0.3) is 0 Å². The quantitative estimate of drug-likeness (QED) is 0.701. The minimum absolute atomic E-state index is 0.0265. The molecule has 0 bridgehead atoms. The number of piperazine rings is 1. The van der Waals surface area contributed by atoms with Crippen LogP contribution in [0, 0.1) is 17.2 Å². The van der Waals surface area contributed by atoms with Crippen molar-refractivity contribution < 1.29 is 14.3 Å². The molecule has 7 nitrogen and oxygen atoms in total. The molecule has 1 amide bonds. The van der Waals surface area contributed by atoms with Crippen molar-refractivity contribution in [1.82, 2.24) is 9.80 Å². The van der Waals surface area contributed by atoms with Gasteiger partial charge in [0.05, 0.1) is 12.1 Å². The molecule has 3 heterocycles. The van der Waals surface area contributed by atoms with Crippen molar-refractivity contribution >= 4 is 22.2 Å². The summed E-state index contributed by atoms with van der Waals surface area (Å²) >= 11 is 1.61. The highest BCUT2D eigenvalue weighted by molar-refractivity contribution is 7.16. The van der Waals surface area contributed by atoms with E-state index in [1.54, 1.807) is 11.3 Å². The lowest BCUT2D eigenvalue weighted by Gasteiger charge is -2.34. The second kappa shape index (κ2) is 9.72. The maximum atomic E-state index is 12.8. The summed E-state index contributed by atoms with van der Waals surface area (Å²) in [7, 11) is 0. The number of ether oxygens (including phenoxy) is 2. The van der Waals surface area contributed by atoms with Gasteiger partial charge in [-0.05, 0) is 48.4 Å². The summed E-state index contributed by atoms with van der Waals surface area (Å²) in [6.45, 7) is 7.28. The number of hydrogen-bond acceptors (Lipinski definition) is 7. The lowest BCUT2D eigenvalue weighted by molar-refractivity contribution is -0.117. The number of fused-ring (bicyclic) bond motifs is 2. The first-order valence-electron chi connectivity index (χ1n) is 11.8. The van der Waals surface area contributed by atoms with Crippen LogP contribution in [0.3, 0.4) is 0 Å². The van der Waals surface area contributed by atoms with Gasteiger partial charge in [-0.25, -0.2) is 0 Å². The molecule has 1 saturated heterocycles. The monoisotopic (exact) mass is 466 g/mol. The molecule has 174 valence electrons. The number of anilines is 1. The van der Waals surface area contributed by atoms with Crippen LogP contribution in [0.1, 0.15) is 41.3 Å². The van der Waals surface area contributed by atoms with Crippen LogP contribution < -0.4 is 14.8 Å². The number of nitrogens with one attached hydrogen (secondary N) is 1. The number of nitriles is 1. The van der Waals surface area contributed by atoms with Crippen molar-refractivity contribution in [3.05, 3.63) is 39.8 Å². The Morgan fingerprint density at radius 2 is 2.00 bits per heavy atom. The fourth-order valence-electron chi connectivity index (χ4n) is 4.98. The van der Waals surface area contributed by atoms with Gasteiger partial charge in [0.15, 0.2) is 11.5 Å². The van der Waals surface area contributed by atoms with Crippen molar-refractivity contribution in [2.75, 3.05) is 44.8 Å². The summed E-state index contributed by atoms with van der Waals surface area (Å²) in [5.41, 5.74) is 3.06. The number of amides is 1. The second-order valence-corrected chi connectivity index (χ2v) is 10.2. The van der Waals surface area contributed by atoms with Gasteiger partial charge in [0.25, 0.3) is 0 Å². The summed E-state index contributed by atoms with van der Waals surface area (Å²) in [5, 5.41) is 13.5. The SMILES string of the molecule is CCC1CCc2c(sc(NC(=O)CN3CCN(Cc4ccc5c(c4)OCO5)CC3)c2C#N)C1. The van der Waals surface area contributed by atoms with E-state index in [9.17, 15) is 10.1 Å². The Hall–Kier alpha value is -2.60. The van der Waals surface area contributed by atoms with Crippen LogP contribution in [-0.2, 0) is 24.2 Å². The van der Waals surface area contributed by atoms with Crippen molar-refractivity contribution in [1.29, 1.82) is 5.26 Å². The molecule has 1 aliphatic carbocycles. The Morgan fingerprint density at radius 1 is 1.21 bits per heavy atom. The highest BCUT2D eigenvalue weighted by Gasteiger charge is 2.26. The van der Waals surface area contributed by atoms with Gasteiger partial charge >= 0.3 is 0 Å². The van der Waals surface area contributed by atoms with Crippen LogP contribution in [0.4, 0.5) is 5.00 Å². The summed E-state index contributed by atoms with van der Waals surface area (Å²) in [5.74, 6) is 2.30. The summed E-state index contributed by atoms with van der Waals surface area (Å²) < 4.78 is 10.9. The summed E-state index contributed by atoms with van der Waals surface area (Å²) in [4.78, 5) is 18.6. The third-order valence-corrected chi connectivity index (χ3v) is 8.15.